The molecule has 24 nitrogen and oxygen atoms in total. The summed E-state index contributed by atoms with van der Waals surface area (Å²) in [5.74, 6) is -10.3. The van der Waals surface area contributed by atoms with Gasteiger partial charge >= 0.3 is 0 Å². The van der Waals surface area contributed by atoms with Gasteiger partial charge in [-0.15, -0.1) is 0 Å². The summed E-state index contributed by atoms with van der Waals surface area (Å²) in [6.45, 7) is 26.3. The van der Waals surface area contributed by atoms with Crippen LogP contribution in [0.2, 0.25) is 0 Å². The smallest absolute Gasteiger partial charge is 0.248 e. The average molecular weight is 1180 g/mol. The Hall–Kier alpha value is -6.17. The molecule has 7 N–H and O–H groups in total. The van der Waals surface area contributed by atoms with Crippen LogP contribution in [-0.4, -0.2) is 226 Å². The standard InChI is InChI=1S/C59H105N11O13/c1-23-24-25-36(12)49(73)48-54(78)64-46(40(16)71)58(82)65(17)30-45(72)66(18)42(27-32(4)5)53(77)63-41(26-31(2)3)57(81)68(20)44(29-34(8)9)51(75)60-37(13)50(74)61-38(14)55(79)67(19)43(28-33(6)7)52(76)62-39(15)56(80)69(21)47(35(10)11)59(83)70(48)22/h23-24,31-44,46-49,71,73H,25-30H2,1-22H3,(H,60,75)(H,61,74)(H,62,76)(H,63,77)(H,64,78)/b24-23+/t36-,37+,38-,39+,40-,41+,42+,43+,44+,46+,47+,48+,49-/m1/s1. The van der Waals surface area contributed by atoms with Crippen molar-refractivity contribution < 1.29 is 63.0 Å². The molecule has 1 rings (SSSR count). The maximum atomic E-state index is 14.8. The number of allylic oxidation sites excluding steroid dienone is 2. The number of amides is 11. The first-order valence-electron chi connectivity index (χ1n) is 29.3. The summed E-state index contributed by atoms with van der Waals surface area (Å²) in [7, 11) is 8.06. The summed E-state index contributed by atoms with van der Waals surface area (Å²) >= 11 is 0. The SMILES string of the molecule is C/C=C/C[C@@H](C)[C@@H](O)[C@H]1C(=O)N[C@@H]([C@@H](C)O)C(=O)N(C)CC(=O)N(C)[C@@H](CC(C)C)C(=O)N[C@@H](CC(C)C)C(=O)N(C)[C@@H](CC(C)C)C(=O)N[C@@H](C)C(=O)N[C@H](C)C(=O)N(C)[C@@H](CC(C)C)C(=O)N[C@@H](C)C(=O)N(C)[C@@H](C(C)C)C(=O)N1C. The third-order valence-electron chi connectivity index (χ3n) is 15.1. The molecule has 0 aliphatic carbocycles. The molecular formula is C59H105N11O13. The van der Waals surface area contributed by atoms with E-state index in [-0.39, 0.29) is 55.8 Å². The van der Waals surface area contributed by atoms with Crippen molar-refractivity contribution in [1.29, 1.82) is 0 Å². The molecule has 0 aromatic heterocycles. The number of carbonyl (C=O) groups excluding carboxylic acids is 11. The molecular weight excluding hydrogens is 1070 g/mol. The van der Waals surface area contributed by atoms with Crippen molar-refractivity contribution in [2.75, 3.05) is 48.8 Å². The summed E-state index contributed by atoms with van der Waals surface area (Å²) in [5, 5.41) is 36.4. The minimum atomic E-state index is -1.74. The van der Waals surface area contributed by atoms with Crippen molar-refractivity contribution in [3.05, 3.63) is 12.2 Å². The molecule has 0 bridgehead atoms. The van der Waals surface area contributed by atoms with Gasteiger partial charge < -0.3 is 66.2 Å². The predicted molar refractivity (Wildman–Crippen MR) is 316 cm³/mol. The van der Waals surface area contributed by atoms with Gasteiger partial charge in [-0.05, 0) is 102 Å². The van der Waals surface area contributed by atoms with Gasteiger partial charge in [0.25, 0.3) is 0 Å². The molecule has 0 aromatic rings. The average Bonchev–Trinajstić information content (AvgIpc) is 3.59. The van der Waals surface area contributed by atoms with E-state index in [1.807, 2.05) is 55.4 Å². The molecule has 1 heterocycles. The number of hydrogen-bond acceptors (Lipinski definition) is 13. The normalized spacial score (nSPS) is 27.5. The molecule has 13 atom stereocenters. The lowest BCUT2D eigenvalue weighted by Crippen LogP contribution is -2.64. The summed E-state index contributed by atoms with van der Waals surface area (Å²) in [5.41, 5.74) is 0. The molecule has 0 spiro atoms. The number of carbonyl (C=O) groups is 11. The summed E-state index contributed by atoms with van der Waals surface area (Å²) < 4.78 is 0. The van der Waals surface area contributed by atoms with Gasteiger partial charge in [0.15, 0.2) is 0 Å². The number of aliphatic hydroxyl groups is 2. The van der Waals surface area contributed by atoms with Crippen LogP contribution < -0.4 is 26.6 Å². The highest BCUT2D eigenvalue weighted by Gasteiger charge is 2.45. The van der Waals surface area contributed by atoms with Gasteiger partial charge in [0.1, 0.15) is 60.4 Å². The number of aliphatic hydroxyl groups excluding tert-OH is 2. The highest BCUT2D eigenvalue weighted by molar-refractivity contribution is 5.99. The lowest BCUT2D eigenvalue weighted by molar-refractivity contribution is -0.154. The molecule has 1 aliphatic heterocycles. The molecule has 0 unspecified atom stereocenters. The molecule has 0 aromatic carbocycles. The Balaban J connectivity index is 4.22. The van der Waals surface area contributed by atoms with Crippen molar-refractivity contribution in [3.8, 4) is 0 Å². The van der Waals surface area contributed by atoms with Gasteiger partial charge in [-0.25, -0.2) is 0 Å². The molecule has 11 amide bonds. The topological polar surface area (TPSA) is 308 Å². The van der Waals surface area contributed by atoms with Crippen LogP contribution in [0.5, 0.6) is 0 Å². The van der Waals surface area contributed by atoms with Crippen LogP contribution in [0.4, 0.5) is 0 Å². The first-order valence-corrected chi connectivity index (χ1v) is 29.3. The van der Waals surface area contributed by atoms with Crippen LogP contribution >= 0.6 is 0 Å². The first kappa shape index (κ1) is 74.8. The van der Waals surface area contributed by atoms with Crippen molar-refractivity contribution in [3.63, 3.8) is 0 Å². The largest absolute Gasteiger partial charge is 0.391 e. The molecule has 1 aliphatic rings. The van der Waals surface area contributed by atoms with E-state index in [4.69, 9.17) is 0 Å². The molecule has 1 saturated heterocycles. The Morgan fingerprint density at radius 1 is 0.458 bits per heavy atom. The molecule has 1 fully saturated rings. The maximum Gasteiger partial charge on any atom is 0.248 e. The van der Waals surface area contributed by atoms with Gasteiger partial charge in [0.2, 0.25) is 65.0 Å². The summed E-state index contributed by atoms with van der Waals surface area (Å²) in [6.07, 6.45) is 1.10. The third-order valence-corrected chi connectivity index (χ3v) is 15.1. The molecule has 0 saturated carbocycles. The Kier molecular flexibility index (Phi) is 30.6. The number of nitrogens with one attached hydrogen (secondary N) is 5. The van der Waals surface area contributed by atoms with Gasteiger partial charge in [-0.1, -0.05) is 88.3 Å². The third kappa shape index (κ3) is 21.8. The van der Waals surface area contributed by atoms with Crippen LogP contribution in [0.15, 0.2) is 12.2 Å². The van der Waals surface area contributed by atoms with Gasteiger partial charge in [-0.2, -0.15) is 0 Å². The minimum absolute atomic E-state index is 0.117. The number of likely N-dealkylation sites (N-methyl/N-ethyl adjacent to an activating group) is 6. The fourth-order valence-electron chi connectivity index (χ4n) is 10.1. The summed E-state index contributed by atoms with van der Waals surface area (Å²) in [6, 6.07) is -13.2. The number of nitrogens with zero attached hydrogens (tertiary/aromatic N) is 6. The van der Waals surface area contributed by atoms with Gasteiger partial charge in [0, 0.05) is 42.3 Å². The Bertz CT molecular complexity index is 2270. The van der Waals surface area contributed by atoms with E-state index in [2.05, 4.69) is 26.6 Å². The van der Waals surface area contributed by atoms with E-state index in [1.54, 1.807) is 39.8 Å². The van der Waals surface area contributed by atoms with E-state index in [0.29, 0.717) is 0 Å². The fraction of sp³-hybridized carbons (Fsp3) is 0.780. The van der Waals surface area contributed by atoms with Crippen LogP contribution in [0.3, 0.4) is 0 Å². The van der Waals surface area contributed by atoms with E-state index >= 15 is 0 Å². The van der Waals surface area contributed by atoms with E-state index < -0.39 is 156 Å². The van der Waals surface area contributed by atoms with Crippen molar-refractivity contribution >= 4 is 65.0 Å². The zero-order chi connectivity index (χ0) is 64.4. The van der Waals surface area contributed by atoms with Crippen LogP contribution in [0.25, 0.3) is 0 Å². The molecule has 83 heavy (non-hydrogen) atoms. The zero-order valence-electron chi connectivity index (χ0n) is 53.9. The molecule has 474 valence electrons. The second-order valence-electron chi connectivity index (χ2n) is 24.9. The van der Waals surface area contributed by atoms with E-state index in [0.717, 1.165) is 19.6 Å². The Morgan fingerprint density at radius 3 is 1.29 bits per heavy atom. The van der Waals surface area contributed by atoms with Crippen molar-refractivity contribution in [2.24, 2.45) is 35.5 Å². The second-order valence-corrected chi connectivity index (χ2v) is 24.9. The van der Waals surface area contributed by atoms with Crippen LogP contribution in [0.1, 0.15) is 143 Å². The van der Waals surface area contributed by atoms with Crippen LogP contribution in [-0.2, 0) is 52.7 Å². The maximum absolute atomic E-state index is 14.8. The van der Waals surface area contributed by atoms with E-state index in [1.165, 1.54) is 79.8 Å². The number of rotatable bonds is 14. The lowest BCUT2D eigenvalue weighted by Gasteiger charge is -2.40. The van der Waals surface area contributed by atoms with Gasteiger partial charge in [-0.3, -0.25) is 52.7 Å². The minimum Gasteiger partial charge on any atom is -0.391 e. The monoisotopic (exact) mass is 1180 g/mol. The lowest BCUT2D eigenvalue weighted by atomic mass is 9.91. The van der Waals surface area contributed by atoms with Crippen molar-refractivity contribution in [2.45, 2.75) is 216 Å². The quantitative estimate of drug-likeness (QED) is 0.121. The van der Waals surface area contributed by atoms with Gasteiger partial charge in [0.05, 0.1) is 18.8 Å². The number of hydrogen-bond donors (Lipinski definition) is 7. The molecule has 0 radical (unpaired) electrons. The predicted octanol–water partition coefficient (Wildman–Crippen LogP) is 1.26. The zero-order valence-corrected chi connectivity index (χ0v) is 53.9. The highest BCUT2D eigenvalue weighted by atomic mass is 16.3. The summed E-state index contributed by atoms with van der Waals surface area (Å²) in [4.78, 5) is 164. The van der Waals surface area contributed by atoms with Crippen LogP contribution in [0, 0.1) is 35.5 Å². The Labute approximate surface area is 494 Å². The fourth-order valence-corrected chi connectivity index (χ4v) is 10.1. The molecule has 24 heteroatoms. The first-order chi connectivity index (χ1) is 38.2. The van der Waals surface area contributed by atoms with Crippen molar-refractivity contribution in [1.82, 2.24) is 56.0 Å². The second kappa shape index (κ2) is 34.0. The Morgan fingerprint density at radius 2 is 0.855 bits per heavy atom. The van der Waals surface area contributed by atoms with E-state index in [9.17, 15) is 63.0 Å². The highest BCUT2D eigenvalue weighted by Crippen LogP contribution is 2.23.